The van der Waals surface area contributed by atoms with Gasteiger partial charge in [0.1, 0.15) is 5.82 Å². The Morgan fingerprint density at radius 3 is 2.78 bits per heavy atom. The molecule has 0 radical (unpaired) electrons. The molecule has 1 fully saturated rings. The number of nitrogens with two attached hydrogens (primary N) is 1. The van der Waals surface area contributed by atoms with Crippen molar-refractivity contribution in [2.24, 2.45) is 11.8 Å². The number of benzene rings is 1. The van der Waals surface area contributed by atoms with Gasteiger partial charge >= 0.3 is 0 Å². The second-order valence-corrected chi connectivity index (χ2v) is 5.20. The molecule has 2 rings (SSSR count). The Morgan fingerprint density at radius 1 is 1.56 bits per heavy atom. The van der Waals surface area contributed by atoms with Crippen molar-refractivity contribution in [1.29, 1.82) is 0 Å². The van der Waals surface area contributed by atoms with Crippen molar-refractivity contribution in [3.05, 3.63) is 29.1 Å². The quantitative estimate of drug-likeness (QED) is 0.807. The summed E-state index contributed by atoms with van der Waals surface area (Å²) in [6, 6.07) is 2.76. The highest BCUT2D eigenvalue weighted by Crippen LogP contribution is 2.36. The lowest BCUT2D eigenvalue weighted by atomic mass is 10.1. The van der Waals surface area contributed by atoms with Crippen molar-refractivity contribution in [1.82, 2.24) is 5.32 Å². The van der Waals surface area contributed by atoms with Gasteiger partial charge < -0.3 is 11.1 Å². The highest BCUT2D eigenvalue weighted by molar-refractivity contribution is 5.95. The summed E-state index contributed by atoms with van der Waals surface area (Å²) in [4.78, 5) is 11.9. The van der Waals surface area contributed by atoms with E-state index in [0.29, 0.717) is 29.3 Å². The first-order valence-corrected chi connectivity index (χ1v) is 6.33. The lowest BCUT2D eigenvalue weighted by molar-refractivity contribution is 0.0946. The second kappa shape index (κ2) is 4.96. The Bertz CT molecular complexity index is 446. The Kier molecular flexibility index (Phi) is 3.55. The first kappa shape index (κ1) is 12.9. The highest BCUT2D eigenvalue weighted by Gasteiger charge is 2.27. The summed E-state index contributed by atoms with van der Waals surface area (Å²) in [7, 11) is 0. The van der Waals surface area contributed by atoms with Crippen LogP contribution >= 0.6 is 0 Å². The summed E-state index contributed by atoms with van der Waals surface area (Å²) < 4.78 is 13.5. The van der Waals surface area contributed by atoms with Gasteiger partial charge in [-0.05, 0) is 43.7 Å². The van der Waals surface area contributed by atoms with Crippen molar-refractivity contribution in [3.8, 4) is 0 Å². The predicted molar refractivity (Wildman–Crippen MR) is 69.8 cm³/mol. The van der Waals surface area contributed by atoms with E-state index in [9.17, 15) is 9.18 Å². The van der Waals surface area contributed by atoms with Gasteiger partial charge in [0.15, 0.2) is 0 Å². The summed E-state index contributed by atoms with van der Waals surface area (Å²) in [5, 5.41) is 2.83. The summed E-state index contributed by atoms with van der Waals surface area (Å²) in [5.74, 6) is 0.537. The molecule has 1 saturated carbocycles. The number of hydrogen-bond donors (Lipinski definition) is 2. The Balaban J connectivity index is 1.99. The fourth-order valence-corrected chi connectivity index (χ4v) is 2.02. The number of carbonyl (C=O) groups excluding carboxylic acids is 1. The van der Waals surface area contributed by atoms with E-state index < -0.39 is 5.82 Å². The van der Waals surface area contributed by atoms with Gasteiger partial charge in [0.05, 0.1) is 0 Å². The zero-order valence-corrected chi connectivity index (χ0v) is 10.8. The van der Waals surface area contributed by atoms with Crippen molar-refractivity contribution in [3.63, 3.8) is 0 Å². The minimum absolute atomic E-state index is 0.256. The molecule has 18 heavy (non-hydrogen) atoms. The summed E-state index contributed by atoms with van der Waals surface area (Å²) in [6.45, 7) is 4.36. The molecule has 1 aliphatic carbocycles. The molecular formula is C14H19FN2O. The maximum Gasteiger partial charge on any atom is 0.251 e. The normalized spacial score (nSPS) is 16.4. The molecule has 98 valence electrons. The van der Waals surface area contributed by atoms with Gasteiger partial charge in [0, 0.05) is 23.4 Å². The van der Waals surface area contributed by atoms with Crippen molar-refractivity contribution in [2.45, 2.75) is 26.7 Å². The Hall–Kier alpha value is -1.58. The largest absolute Gasteiger partial charge is 0.398 e. The monoisotopic (exact) mass is 250 g/mol. The van der Waals surface area contributed by atoms with E-state index in [1.807, 2.05) is 0 Å². The first-order chi connectivity index (χ1) is 8.49. The van der Waals surface area contributed by atoms with Crippen LogP contribution in [0.2, 0.25) is 0 Å². The first-order valence-electron chi connectivity index (χ1n) is 6.33. The third-order valence-electron chi connectivity index (χ3n) is 3.66. The number of amides is 1. The van der Waals surface area contributed by atoms with Crippen LogP contribution in [-0.2, 0) is 0 Å². The number of nitrogen functional groups attached to an aromatic ring is 1. The van der Waals surface area contributed by atoms with E-state index >= 15 is 0 Å². The number of halogens is 1. The topological polar surface area (TPSA) is 55.1 Å². The van der Waals surface area contributed by atoms with E-state index in [2.05, 4.69) is 12.2 Å². The fourth-order valence-electron chi connectivity index (χ4n) is 2.02. The third kappa shape index (κ3) is 2.81. The molecule has 0 heterocycles. The average molecular weight is 250 g/mol. The van der Waals surface area contributed by atoms with E-state index in [-0.39, 0.29) is 5.91 Å². The summed E-state index contributed by atoms with van der Waals surface area (Å²) >= 11 is 0. The molecule has 0 saturated heterocycles. The van der Waals surface area contributed by atoms with Crippen LogP contribution in [0.5, 0.6) is 0 Å². The fraction of sp³-hybridized carbons (Fsp3) is 0.500. The van der Waals surface area contributed by atoms with Crippen LogP contribution in [0.3, 0.4) is 0 Å². The van der Waals surface area contributed by atoms with Crippen LogP contribution in [0.25, 0.3) is 0 Å². The molecule has 1 aliphatic rings. The molecule has 0 aromatic heterocycles. The van der Waals surface area contributed by atoms with Crippen LogP contribution in [0.1, 0.15) is 35.7 Å². The van der Waals surface area contributed by atoms with Crippen LogP contribution in [0, 0.1) is 24.6 Å². The molecule has 0 spiro atoms. The third-order valence-corrected chi connectivity index (χ3v) is 3.66. The minimum atomic E-state index is -0.435. The highest BCUT2D eigenvalue weighted by atomic mass is 19.1. The van der Waals surface area contributed by atoms with Gasteiger partial charge in [0.2, 0.25) is 0 Å². The van der Waals surface area contributed by atoms with Crippen molar-refractivity contribution < 1.29 is 9.18 Å². The zero-order chi connectivity index (χ0) is 13.3. The molecule has 3 N–H and O–H groups in total. The molecular weight excluding hydrogens is 231 g/mol. The van der Waals surface area contributed by atoms with E-state index in [1.54, 1.807) is 6.92 Å². The Labute approximate surface area is 107 Å². The molecule has 0 aliphatic heterocycles. The molecule has 1 unspecified atom stereocenters. The number of nitrogens with one attached hydrogen (secondary N) is 1. The van der Waals surface area contributed by atoms with Gasteiger partial charge in [-0.15, -0.1) is 0 Å². The maximum atomic E-state index is 13.5. The number of rotatable bonds is 4. The number of carbonyl (C=O) groups is 1. The van der Waals surface area contributed by atoms with E-state index in [1.165, 1.54) is 25.0 Å². The smallest absolute Gasteiger partial charge is 0.251 e. The second-order valence-electron chi connectivity index (χ2n) is 5.20. The molecule has 4 heteroatoms. The van der Waals surface area contributed by atoms with E-state index in [0.717, 1.165) is 5.92 Å². The molecule has 0 bridgehead atoms. The minimum Gasteiger partial charge on any atom is -0.398 e. The average Bonchev–Trinajstić information content (AvgIpc) is 3.16. The lowest BCUT2D eigenvalue weighted by Gasteiger charge is -2.12. The van der Waals surface area contributed by atoms with Gasteiger partial charge in [-0.2, -0.15) is 0 Å². The van der Waals surface area contributed by atoms with Gasteiger partial charge in [-0.1, -0.05) is 6.92 Å². The van der Waals surface area contributed by atoms with Crippen LogP contribution < -0.4 is 11.1 Å². The summed E-state index contributed by atoms with van der Waals surface area (Å²) in [6.07, 6.45) is 2.51. The maximum absolute atomic E-state index is 13.5. The van der Waals surface area contributed by atoms with Gasteiger partial charge in [0.25, 0.3) is 5.91 Å². The van der Waals surface area contributed by atoms with Crippen LogP contribution in [0.15, 0.2) is 12.1 Å². The van der Waals surface area contributed by atoms with Crippen molar-refractivity contribution in [2.75, 3.05) is 12.3 Å². The zero-order valence-electron chi connectivity index (χ0n) is 10.8. The predicted octanol–water partition coefficient (Wildman–Crippen LogP) is 2.49. The lowest BCUT2D eigenvalue weighted by Crippen LogP contribution is -2.29. The Morgan fingerprint density at radius 2 is 2.22 bits per heavy atom. The van der Waals surface area contributed by atoms with E-state index in [4.69, 9.17) is 5.73 Å². The van der Waals surface area contributed by atoms with Gasteiger partial charge in [-0.3, -0.25) is 4.79 Å². The molecule has 1 aromatic carbocycles. The molecule has 3 nitrogen and oxygen atoms in total. The number of anilines is 1. The summed E-state index contributed by atoms with van der Waals surface area (Å²) in [5.41, 5.74) is 6.65. The molecule has 1 atom stereocenters. The number of hydrogen-bond acceptors (Lipinski definition) is 2. The van der Waals surface area contributed by atoms with Gasteiger partial charge in [-0.25, -0.2) is 4.39 Å². The van der Waals surface area contributed by atoms with Crippen molar-refractivity contribution >= 4 is 11.6 Å². The SMILES string of the molecule is Cc1c(N)cc(C(=O)NCC(C)C2CC2)cc1F. The van der Waals surface area contributed by atoms with Crippen LogP contribution in [0.4, 0.5) is 10.1 Å². The molecule has 1 aromatic rings. The molecule has 1 amide bonds. The standard InChI is InChI=1S/C14H19FN2O/c1-8(10-3-4-10)7-17-14(18)11-5-12(15)9(2)13(16)6-11/h5-6,8,10H,3-4,7,16H2,1-2H3,(H,17,18). The van der Waals surface area contributed by atoms with Crippen LogP contribution in [-0.4, -0.2) is 12.5 Å².